The van der Waals surface area contributed by atoms with Gasteiger partial charge in [-0.2, -0.15) is 0 Å². The van der Waals surface area contributed by atoms with Crippen molar-refractivity contribution in [3.05, 3.63) is 64.8 Å². The van der Waals surface area contributed by atoms with E-state index in [0.717, 1.165) is 36.4 Å². The molecule has 3 fully saturated rings. The topological polar surface area (TPSA) is 23.9 Å². The smallest absolute Gasteiger partial charge is 0.129 e. The van der Waals surface area contributed by atoms with Gasteiger partial charge in [-0.05, 0) is 114 Å². The van der Waals surface area contributed by atoms with Crippen molar-refractivity contribution < 1.29 is 4.74 Å². The molecule has 0 radical (unpaired) electrons. The second kappa shape index (κ2) is 13.1. The lowest BCUT2D eigenvalue weighted by Gasteiger charge is -2.40. The molecule has 1 aromatic heterocycles. The fourth-order valence-corrected chi connectivity index (χ4v) is 7.21. The molecule has 0 amide bonds. The van der Waals surface area contributed by atoms with Gasteiger partial charge in [0.2, 0.25) is 0 Å². The summed E-state index contributed by atoms with van der Waals surface area (Å²) in [7, 11) is 0. The van der Waals surface area contributed by atoms with Crippen molar-refractivity contribution in [3.63, 3.8) is 0 Å². The van der Waals surface area contributed by atoms with Crippen LogP contribution in [-0.2, 0) is 19.7 Å². The molecule has 3 aliphatic rings. The average Bonchev–Trinajstić information content (AvgIpc) is 3.29. The quantitative estimate of drug-likeness (QED) is 0.293. The van der Waals surface area contributed by atoms with Gasteiger partial charge in [-0.3, -0.25) is 4.90 Å². The van der Waals surface area contributed by atoms with Crippen LogP contribution in [0, 0.1) is 0 Å². The Kier molecular flexibility index (Phi) is 9.10. The molecule has 0 saturated carbocycles. The molecule has 2 aromatic carbocycles. The lowest BCUT2D eigenvalue weighted by Crippen LogP contribution is -2.46. The Hall–Kier alpha value is -2.05. The fourth-order valence-electron chi connectivity index (χ4n) is 7.08. The summed E-state index contributed by atoms with van der Waals surface area (Å²) >= 11 is 6.14. The third kappa shape index (κ3) is 6.65. The van der Waals surface area contributed by atoms with Crippen LogP contribution >= 0.6 is 11.6 Å². The van der Waals surface area contributed by atoms with Gasteiger partial charge in [0.25, 0.3) is 0 Å². The Morgan fingerprint density at radius 3 is 2.15 bits per heavy atom. The monoisotopic (exact) mass is 548 g/mol. The Bertz CT molecular complexity index is 1190. The molecular formula is C33H45ClN4O. The van der Waals surface area contributed by atoms with Crippen molar-refractivity contribution in [2.24, 2.45) is 0 Å². The third-order valence-electron chi connectivity index (χ3n) is 9.32. The molecular weight excluding hydrogens is 504 g/mol. The van der Waals surface area contributed by atoms with E-state index in [-0.39, 0.29) is 0 Å². The summed E-state index contributed by atoms with van der Waals surface area (Å²) in [4.78, 5) is 8.12. The van der Waals surface area contributed by atoms with Gasteiger partial charge < -0.3 is 19.1 Å². The number of piperidine rings is 3. The first-order valence-corrected chi connectivity index (χ1v) is 15.8. The Morgan fingerprint density at radius 1 is 0.718 bits per heavy atom. The number of rotatable bonds is 9. The minimum absolute atomic E-state index is 0.579. The second-order valence-corrected chi connectivity index (χ2v) is 12.3. The van der Waals surface area contributed by atoms with Gasteiger partial charge in [0.15, 0.2) is 0 Å². The molecule has 0 spiro atoms. The molecule has 0 aliphatic carbocycles. The van der Waals surface area contributed by atoms with E-state index in [1.807, 2.05) is 24.3 Å². The van der Waals surface area contributed by atoms with Crippen molar-refractivity contribution in [2.45, 2.75) is 77.1 Å². The van der Waals surface area contributed by atoms with Crippen molar-refractivity contribution in [2.75, 3.05) is 45.8 Å². The predicted octanol–water partition coefficient (Wildman–Crippen LogP) is 6.81. The first-order valence-electron chi connectivity index (χ1n) is 15.4. The van der Waals surface area contributed by atoms with Crippen LogP contribution in [0.15, 0.2) is 48.5 Å². The number of nitrogens with zero attached hydrogens (tertiary/aromatic N) is 4. The summed E-state index contributed by atoms with van der Waals surface area (Å²) in [5.74, 6) is 0.875. The van der Waals surface area contributed by atoms with Crippen LogP contribution in [0.3, 0.4) is 0 Å². The molecule has 0 bridgehead atoms. The minimum Gasteiger partial charge on any atom is -0.487 e. The maximum atomic E-state index is 6.42. The number of hydrogen-bond acceptors (Lipinski definition) is 4. The largest absolute Gasteiger partial charge is 0.487 e. The van der Waals surface area contributed by atoms with Crippen LogP contribution in [0.25, 0.3) is 10.9 Å². The molecule has 0 N–H and O–H groups in total. The van der Waals surface area contributed by atoms with Gasteiger partial charge in [0.1, 0.15) is 12.4 Å². The van der Waals surface area contributed by atoms with E-state index < -0.39 is 0 Å². The molecule has 6 rings (SSSR count). The molecule has 3 saturated heterocycles. The highest BCUT2D eigenvalue weighted by Crippen LogP contribution is 2.31. The van der Waals surface area contributed by atoms with Gasteiger partial charge in [-0.1, -0.05) is 42.6 Å². The molecule has 0 unspecified atom stereocenters. The highest BCUT2D eigenvalue weighted by molar-refractivity contribution is 6.30. The molecule has 3 aromatic rings. The van der Waals surface area contributed by atoms with Crippen LogP contribution < -0.4 is 4.74 Å². The normalized spacial score (nSPS) is 20.5. The highest BCUT2D eigenvalue weighted by atomic mass is 35.5. The number of likely N-dealkylation sites (tertiary alicyclic amines) is 3. The van der Waals surface area contributed by atoms with E-state index in [1.165, 1.54) is 113 Å². The van der Waals surface area contributed by atoms with Gasteiger partial charge in [-0.25, -0.2) is 0 Å². The number of hydrogen-bond donors (Lipinski definition) is 0. The first kappa shape index (κ1) is 27.1. The second-order valence-electron chi connectivity index (χ2n) is 11.8. The zero-order chi connectivity index (χ0) is 26.4. The van der Waals surface area contributed by atoms with Crippen LogP contribution in [0.4, 0.5) is 0 Å². The van der Waals surface area contributed by atoms with Crippen molar-refractivity contribution in [1.82, 2.24) is 19.3 Å². The highest BCUT2D eigenvalue weighted by Gasteiger charge is 2.27. The molecule has 0 atom stereocenters. The van der Waals surface area contributed by atoms with Crippen LogP contribution in [0.2, 0.25) is 5.02 Å². The average molecular weight is 549 g/mol. The Morgan fingerprint density at radius 2 is 1.41 bits per heavy atom. The van der Waals surface area contributed by atoms with Gasteiger partial charge in [0, 0.05) is 41.6 Å². The number of aromatic nitrogens is 1. The third-order valence-corrected chi connectivity index (χ3v) is 9.57. The number of para-hydroxylation sites is 1. The fraction of sp³-hybridized carbons (Fsp3) is 0.576. The van der Waals surface area contributed by atoms with Crippen molar-refractivity contribution >= 4 is 22.5 Å². The van der Waals surface area contributed by atoms with E-state index >= 15 is 0 Å². The van der Waals surface area contributed by atoms with Gasteiger partial charge in [-0.15, -0.1) is 0 Å². The molecule has 210 valence electrons. The van der Waals surface area contributed by atoms with Crippen LogP contribution in [0.1, 0.15) is 62.6 Å². The molecule has 39 heavy (non-hydrogen) atoms. The van der Waals surface area contributed by atoms with Crippen molar-refractivity contribution in [1.29, 1.82) is 0 Å². The molecule has 3 aliphatic heterocycles. The minimum atomic E-state index is 0.579. The summed E-state index contributed by atoms with van der Waals surface area (Å²) in [6.07, 6.45) is 10.8. The Labute approximate surface area is 239 Å². The van der Waals surface area contributed by atoms with Gasteiger partial charge >= 0.3 is 0 Å². The maximum absolute atomic E-state index is 6.42. The predicted molar refractivity (Wildman–Crippen MR) is 162 cm³/mol. The van der Waals surface area contributed by atoms with Crippen LogP contribution in [-0.4, -0.2) is 71.1 Å². The van der Waals surface area contributed by atoms with Crippen LogP contribution in [0.5, 0.6) is 5.75 Å². The summed E-state index contributed by atoms with van der Waals surface area (Å²) < 4.78 is 8.98. The summed E-state index contributed by atoms with van der Waals surface area (Å²) in [6.45, 7) is 11.1. The summed E-state index contributed by atoms with van der Waals surface area (Å²) in [5, 5.41) is 2.13. The lowest BCUT2D eigenvalue weighted by atomic mass is 9.99. The van der Waals surface area contributed by atoms with E-state index in [9.17, 15) is 0 Å². The van der Waals surface area contributed by atoms with Crippen molar-refractivity contribution in [3.8, 4) is 5.75 Å². The molecule has 4 heterocycles. The summed E-state index contributed by atoms with van der Waals surface area (Å²) in [5.41, 5.74) is 4.14. The number of ether oxygens (including phenoxy) is 1. The van der Waals surface area contributed by atoms with Gasteiger partial charge in [0.05, 0.1) is 5.69 Å². The van der Waals surface area contributed by atoms with E-state index in [2.05, 4.69) is 43.5 Å². The maximum Gasteiger partial charge on any atom is 0.129 e. The molecule has 5 nitrogen and oxygen atoms in total. The van der Waals surface area contributed by atoms with E-state index in [1.54, 1.807) is 0 Å². The zero-order valence-electron chi connectivity index (χ0n) is 23.5. The van der Waals surface area contributed by atoms with E-state index in [0.29, 0.717) is 6.61 Å². The van der Waals surface area contributed by atoms with E-state index in [4.69, 9.17) is 16.3 Å². The standard InChI is InChI=1S/C33H45ClN4O/c34-27-11-13-29(14-12-27)39-26-33-31(25-36-21-15-28(16-22-36)37-19-7-2-8-20-37)30-9-3-4-10-32(30)38(33)24-23-35-17-5-1-6-18-35/h3-4,9-14,28H,1-2,5-8,15-26H2. The Balaban J connectivity index is 1.23. The first-order chi connectivity index (χ1) is 19.2. The summed E-state index contributed by atoms with van der Waals surface area (Å²) in [6, 6.07) is 17.6. The SMILES string of the molecule is Clc1ccc(OCc2c(CN3CCC(N4CCCCC4)CC3)c3ccccc3n2CCN2CCCCC2)cc1. The number of benzene rings is 2. The lowest BCUT2D eigenvalue weighted by molar-refractivity contribution is 0.0895. The zero-order valence-corrected chi connectivity index (χ0v) is 24.3. The molecule has 6 heteroatoms. The number of halogens is 1. The number of fused-ring (bicyclic) bond motifs is 1.